The molecule has 6 heteroatoms. The zero-order valence-electron chi connectivity index (χ0n) is 11.8. The Morgan fingerprint density at radius 2 is 2.00 bits per heavy atom. The first-order valence-electron chi connectivity index (χ1n) is 7.16. The molecule has 0 spiro atoms. The fourth-order valence-corrected chi connectivity index (χ4v) is 4.60. The first kappa shape index (κ1) is 15.5. The Bertz CT molecular complexity index is 542. The standard InChI is InChI=1S/C15H18Cl2N2OS/c1-9(21-14-4-12(16)2-3-13(14)17)15(20)19-7-10-5-18-6-11(10)8-19/h2-4,9-11,18H,5-8H2,1H3/t9?,10-,11+. The molecule has 1 N–H and O–H groups in total. The van der Waals surface area contributed by atoms with Crippen molar-refractivity contribution in [2.45, 2.75) is 17.1 Å². The number of hydrogen-bond acceptors (Lipinski definition) is 3. The van der Waals surface area contributed by atoms with Crippen molar-refractivity contribution in [1.82, 2.24) is 10.2 Å². The van der Waals surface area contributed by atoms with E-state index in [9.17, 15) is 4.79 Å². The average Bonchev–Trinajstić information content (AvgIpc) is 3.03. The van der Waals surface area contributed by atoms with Crippen LogP contribution in [0.25, 0.3) is 0 Å². The molecular weight excluding hydrogens is 327 g/mol. The van der Waals surface area contributed by atoms with Gasteiger partial charge in [-0.1, -0.05) is 23.2 Å². The van der Waals surface area contributed by atoms with Gasteiger partial charge < -0.3 is 10.2 Å². The van der Waals surface area contributed by atoms with Crippen LogP contribution in [0.15, 0.2) is 23.1 Å². The number of fused-ring (bicyclic) bond motifs is 1. The van der Waals surface area contributed by atoms with Gasteiger partial charge in [0.25, 0.3) is 0 Å². The van der Waals surface area contributed by atoms with E-state index in [0.29, 0.717) is 21.9 Å². The fourth-order valence-electron chi connectivity index (χ4n) is 3.10. The van der Waals surface area contributed by atoms with E-state index in [-0.39, 0.29) is 11.2 Å². The first-order valence-corrected chi connectivity index (χ1v) is 8.79. The highest BCUT2D eigenvalue weighted by Gasteiger charge is 2.39. The number of likely N-dealkylation sites (tertiary alicyclic amines) is 1. The highest BCUT2D eigenvalue weighted by Crippen LogP contribution is 2.34. The molecule has 1 amide bonds. The van der Waals surface area contributed by atoms with Gasteiger partial charge in [-0.05, 0) is 37.0 Å². The van der Waals surface area contributed by atoms with Gasteiger partial charge in [-0.3, -0.25) is 4.79 Å². The number of nitrogens with one attached hydrogen (secondary N) is 1. The van der Waals surface area contributed by atoms with Crippen molar-refractivity contribution in [2.75, 3.05) is 26.2 Å². The number of thioether (sulfide) groups is 1. The summed E-state index contributed by atoms with van der Waals surface area (Å²) >= 11 is 13.7. The number of amides is 1. The van der Waals surface area contributed by atoms with E-state index in [4.69, 9.17) is 23.2 Å². The minimum absolute atomic E-state index is 0.146. The number of carbonyl (C=O) groups excluding carboxylic acids is 1. The second-order valence-corrected chi connectivity index (χ2v) is 7.98. The molecule has 1 aromatic carbocycles. The Morgan fingerprint density at radius 1 is 1.33 bits per heavy atom. The molecule has 2 fully saturated rings. The van der Waals surface area contributed by atoms with Crippen LogP contribution in [0.1, 0.15) is 6.92 Å². The van der Waals surface area contributed by atoms with Gasteiger partial charge >= 0.3 is 0 Å². The van der Waals surface area contributed by atoms with Crippen molar-refractivity contribution in [3.8, 4) is 0 Å². The van der Waals surface area contributed by atoms with Gasteiger partial charge in [0.1, 0.15) is 0 Å². The first-order chi connectivity index (χ1) is 10.0. The van der Waals surface area contributed by atoms with Crippen molar-refractivity contribution in [3.63, 3.8) is 0 Å². The van der Waals surface area contributed by atoms with Gasteiger partial charge in [0.2, 0.25) is 5.91 Å². The molecular formula is C15H18Cl2N2OS. The van der Waals surface area contributed by atoms with Crippen LogP contribution >= 0.6 is 35.0 Å². The predicted octanol–water partition coefficient (Wildman–Crippen LogP) is 3.15. The summed E-state index contributed by atoms with van der Waals surface area (Å²) in [7, 11) is 0. The Morgan fingerprint density at radius 3 is 2.67 bits per heavy atom. The molecule has 2 aliphatic heterocycles. The number of benzene rings is 1. The zero-order chi connectivity index (χ0) is 15.0. The van der Waals surface area contributed by atoms with Crippen LogP contribution in [0.3, 0.4) is 0 Å². The third-order valence-electron chi connectivity index (χ3n) is 4.25. The van der Waals surface area contributed by atoms with E-state index < -0.39 is 0 Å². The molecule has 0 saturated carbocycles. The maximum atomic E-state index is 12.6. The van der Waals surface area contributed by atoms with Crippen molar-refractivity contribution in [2.24, 2.45) is 11.8 Å². The minimum Gasteiger partial charge on any atom is -0.341 e. The number of nitrogens with zero attached hydrogens (tertiary/aromatic N) is 1. The smallest absolute Gasteiger partial charge is 0.235 e. The molecule has 0 aliphatic carbocycles. The Labute approximate surface area is 139 Å². The Kier molecular flexibility index (Phi) is 4.69. The second kappa shape index (κ2) is 6.37. The topological polar surface area (TPSA) is 32.3 Å². The quantitative estimate of drug-likeness (QED) is 0.855. The monoisotopic (exact) mass is 344 g/mol. The van der Waals surface area contributed by atoms with Gasteiger partial charge in [0, 0.05) is 36.1 Å². The largest absolute Gasteiger partial charge is 0.341 e. The molecule has 0 aromatic heterocycles. The number of hydrogen-bond donors (Lipinski definition) is 1. The Hall–Kier alpha value is -0.420. The third kappa shape index (κ3) is 3.34. The van der Waals surface area contributed by atoms with E-state index in [1.807, 2.05) is 17.9 Å². The molecule has 3 nitrogen and oxygen atoms in total. The van der Waals surface area contributed by atoms with E-state index in [0.717, 1.165) is 31.1 Å². The van der Waals surface area contributed by atoms with E-state index in [1.54, 1.807) is 12.1 Å². The molecule has 0 radical (unpaired) electrons. The molecule has 2 heterocycles. The molecule has 0 bridgehead atoms. The molecule has 1 unspecified atom stereocenters. The van der Waals surface area contributed by atoms with Gasteiger partial charge in [-0.15, -0.1) is 11.8 Å². The molecule has 2 saturated heterocycles. The molecule has 1 aromatic rings. The second-order valence-electron chi connectivity index (χ2n) is 5.76. The van der Waals surface area contributed by atoms with Crippen molar-refractivity contribution in [1.29, 1.82) is 0 Å². The summed E-state index contributed by atoms with van der Waals surface area (Å²) in [5.41, 5.74) is 0. The Balaban J connectivity index is 1.64. The molecule has 114 valence electrons. The summed E-state index contributed by atoms with van der Waals surface area (Å²) in [6, 6.07) is 5.35. The molecule has 3 rings (SSSR count). The van der Waals surface area contributed by atoms with Crippen molar-refractivity contribution in [3.05, 3.63) is 28.2 Å². The number of carbonyl (C=O) groups is 1. The minimum atomic E-state index is -0.146. The van der Waals surface area contributed by atoms with Crippen LogP contribution in [0, 0.1) is 11.8 Å². The average molecular weight is 345 g/mol. The highest BCUT2D eigenvalue weighted by atomic mass is 35.5. The van der Waals surface area contributed by atoms with Crippen LogP contribution in [0.2, 0.25) is 10.0 Å². The summed E-state index contributed by atoms with van der Waals surface area (Å²) in [5, 5.41) is 4.53. The molecule has 21 heavy (non-hydrogen) atoms. The van der Waals surface area contributed by atoms with Crippen molar-refractivity contribution < 1.29 is 4.79 Å². The van der Waals surface area contributed by atoms with E-state index in [2.05, 4.69) is 5.32 Å². The van der Waals surface area contributed by atoms with Gasteiger partial charge in [0.15, 0.2) is 0 Å². The highest BCUT2D eigenvalue weighted by molar-refractivity contribution is 8.00. The van der Waals surface area contributed by atoms with Crippen LogP contribution in [-0.2, 0) is 4.79 Å². The normalized spacial score (nSPS) is 26.0. The van der Waals surface area contributed by atoms with Crippen LogP contribution < -0.4 is 5.32 Å². The lowest BCUT2D eigenvalue weighted by Crippen LogP contribution is -2.36. The lowest BCUT2D eigenvalue weighted by atomic mass is 10.0. The summed E-state index contributed by atoms with van der Waals surface area (Å²) in [5.74, 6) is 1.45. The fraction of sp³-hybridized carbons (Fsp3) is 0.533. The SMILES string of the molecule is CC(Sc1cc(Cl)ccc1Cl)C(=O)N1C[C@H]2CNC[C@H]2C1. The summed E-state index contributed by atoms with van der Waals surface area (Å²) in [6.07, 6.45) is 0. The van der Waals surface area contributed by atoms with Crippen LogP contribution in [0.4, 0.5) is 0 Å². The lowest BCUT2D eigenvalue weighted by molar-refractivity contribution is -0.129. The van der Waals surface area contributed by atoms with Crippen LogP contribution in [-0.4, -0.2) is 42.2 Å². The third-order valence-corrected chi connectivity index (χ3v) is 6.07. The summed E-state index contributed by atoms with van der Waals surface area (Å²) < 4.78 is 0. The van der Waals surface area contributed by atoms with E-state index in [1.165, 1.54) is 11.8 Å². The number of halogens is 2. The predicted molar refractivity (Wildman–Crippen MR) is 88.2 cm³/mol. The van der Waals surface area contributed by atoms with Gasteiger partial charge in [-0.25, -0.2) is 0 Å². The van der Waals surface area contributed by atoms with Gasteiger partial charge in [-0.2, -0.15) is 0 Å². The maximum Gasteiger partial charge on any atom is 0.235 e. The lowest BCUT2D eigenvalue weighted by Gasteiger charge is -2.22. The summed E-state index contributed by atoms with van der Waals surface area (Å²) in [4.78, 5) is 15.5. The van der Waals surface area contributed by atoms with Gasteiger partial charge in [0.05, 0.1) is 10.3 Å². The molecule has 2 aliphatic rings. The zero-order valence-corrected chi connectivity index (χ0v) is 14.1. The number of rotatable bonds is 3. The molecule has 3 atom stereocenters. The van der Waals surface area contributed by atoms with Crippen molar-refractivity contribution >= 4 is 40.9 Å². The van der Waals surface area contributed by atoms with Crippen LogP contribution in [0.5, 0.6) is 0 Å². The van der Waals surface area contributed by atoms with E-state index >= 15 is 0 Å². The maximum absolute atomic E-state index is 12.6. The summed E-state index contributed by atoms with van der Waals surface area (Å²) in [6.45, 7) is 5.78.